The van der Waals surface area contributed by atoms with Gasteiger partial charge in [0, 0.05) is 31.3 Å². The first-order valence-corrected chi connectivity index (χ1v) is 9.96. The molecule has 0 spiro atoms. The van der Waals surface area contributed by atoms with Crippen LogP contribution in [0.3, 0.4) is 0 Å². The van der Waals surface area contributed by atoms with E-state index in [2.05, 4.69) is 25.3 Å². The lowest BCUT2D eigenvalue weighted by molar-refractivity contribution is -0.141. The topological polar surface area (TPSA) is 66.8 Å². The summed E-state index contributed by atoms with van der Waals surface area (Å²) in [6.07, 6.45) is -6.05. The van der Waals surface area contributed by atoms with Crippen LogP contribution in [0.2, 0.25) is 0 Å². The third kappa shape index (κ3) is 4.99. The van der Waals surface area contributed by atoms with Crippen molar-refractivity contribution in [1.82, 2.24) is 19.9 Å². The van der Waals surface area contributed by atoms with Gasteiger partial charge < -0.3 is 10.2 Å². The molecule has 4 rings (SSSR count). The number of rotatable bonds is 3. The van der Waals surface area contributed by atoms with E-state index in [0.29, 0.717) is 41.4 Å². The van der Waals surface area contributed by atoms with Gasteiger partial charge in [0.05, 0.1) is 23.1 Å². The highest BCUT2D eigenvalue weighted by Gasteiger charge is 2.36. The molecule has 12 heteroatoms. The smallest absolute Gasteiger partial charge is 0.355 e. The highest BCUT2D eigenvalue weighted by Crippen LogP contribution is 2.36. The summed E-state index contributed by atoms with van der Waals surface area (Å²) in [7, 11) is 0. The van der Waals surface area contributed by atoms with Crippen molar-refractivity contribution in [2.45, 2.75) is 32.1 Å². The minimum atomic E-state index is -4.55. The number of hydrogen-bond donors (Lipinski definition) is 1. The van der Waals surface area contributed by atoms with E-state index in [9.17, 15) is 26.3 Å². The Bertz CT molecular complexity index is 1140. The second-order valence-electron chi connectivity index (χ2n) is 7.46. The average molecular weight is 468 g/mol. The third-order valence-corrected chi connectivity index (χ3v) is 5.16. The quantitative estimate of drug-likeness (QED) is 0.548. The fraction of sp³-hybridized carbons (Fsp3) is 0.333. The summed E-state index contributed by atoms with van der Waals surface area (Å²) in [6.45, 7) is 2.17. The molecule has 0 atom stereocenters. The predicted octanol–water partition coefficient (Wildman–Crippen LogP) is 4.96. The van der Waals surface area contributed by atoms with Crippen molar-refractivity contribution in [3.8, 4) is 0 Å². The molecule has 0 unspecified atom stereocenters. The average Bonchev–Trinajstić information content (AvgIpc) is 2.95. The number of aryl methyl sites for hydroxylation is 1. The molecule has 174 valence electrons. The molecule has 3 aromatic rings. The Labute approximate surface area is 184 Å². The zero-order valence-electron chi connectivity index (χ0n) is 17.3. The van der Waals surface area contributed by atoms with E-state index in [4.69, 9.17) is 0 Å². The van der Waals surface area contributed by atoms with Gasteiger partial charge >= 0.3 is 12.4 Å². The van der Waals surface area contributed by atoms with Crippen molar-refractivity contribution in [3.63, 3.8) is 0 Å². The van der Waals surface area contributed by atoms with E-state index in [-0.39, 0.29) is 18.9 Å². The van der Waals surface area contributed by atoms with E-state index >= 15 is 0 Å². The number of alkyl halides is 6. The van der Waals surface area contributed by atoms with E-state index < -0.39 is 23.6 Å². The van der Waals surface area contributed by atoms with Crippen LogP contribution in [-0.4, -0.2) is 33.0 Å². The number of halogens is 6. The van der Waals surface area contributed by atoms with E-state index in [1.54, 1.807) is 11.8 Å². The molecule has 0 saturated heterocycles. The lowest BCUT2D eigenvalue weighted by atomic mass is 10.1. The maximum atomic E-state index is 13.5. The summed E-state index contributed by atoms with van der Waals surface area (Å²) in [5, 5.41) is 2.97. The molecular weight excluding hydrogens is 450 g/mol. The normalized spacial score (nSPS) is 14.6. The Hall–Kier alpha value is -3.44. The number of fused-ring (bicyclic) bond motifs is 1. The largest absolute Gasteiger partial charge is 0.433 e. The molecule has 4 heterocycles. The molecule has 0 aliphatic carbocycles. The first-order valence-electron chi connectivity index (χ1n) is 9.96. The first-order chi connectivity index (χ1) is 15.5. The fourth-order valence-corrected chi connectivity index (χ4v) is 3.68. The fourth-order valence-electron chi connectivity index (χ4n) is 3.68. The molecule has 6 nitrogen and oxygen atoms in total. The standard InChI is InChI=1S/C21H18F6N6/c1-12-30-16-7-10-33(19-15(20(22,23)24)3-2-8-28-19)9-6-14(16)18(31-12)32-13-4-5-17(29-11-13)21(25,26)27/h2-5,8,11H,6-7,9-10H2,1H3,(H,30,31,32). The number of pyridine rings is 2. The van der Waals surface area contributed by atoms with Gasteiger partial charge in [0.2, 0.25) is 0 Å². The third-order valence-electron chi connectivity index (χ3n) is 5.16. The van der Waals surface area contributed by atoms with Gasteiger partial charge in [-0.15, -0.1) is 0 Å². The van der Waals surface area contributed by atoms with Crippen LogP contribution in [0.25, 0.3) is 0 Å². The Morgan fingerprint density at radius 3 is 2.33 bits per heavy atom. The van der Waals surface area contributed by atoms with Crippen LogP contribution in [0.5, 0.6) is 0 Å². The molecule has 3 aromatic heterocycles. The summed E-state index contributed by atoms with van der Waals surface area (Å²) < 4.78 is 78.7. The van der Waals surface area contributed by atoms with Crippen LogP contribution in [0.4, 0.5) is 43.7 Å². The lowest BCUT2D eigenvalue weighted by Crippen LogP contribution is -2.29. The van der Waals surface area contributed by atoms with Crippen LogP contribution in [0.1, 0.15) is 28.3 Å². The SMILES string of the molecule is Cc1nc2c(c(Nc3ccc(C(F)(F)F)nc3)n1)CCN(c1ncccc1C(F)(F)F)CC2. The van der Waals surface area contributed by atoms with Crippen molar-refractivity contribution in [1.29, 1.82) is 0 Å². The summed E-state index contributed by atoms with van der Waals surface area (Å²) in [4.78, 5) is 17.8. The monoisotopic (exact) mass is 468 g/mol. The molecule has 0 fully saturated rings. The van der Waals surface area contributed by atoms with E-state index in [0.717, 1.165) is 18.3 Å². The van der Waals surface area contributed by atoms with Crippen LogP contribution < -0.4 is 10.2 Å². The highest BCUT2D eigenvalue weighted by molar-refractivity contribution is 5.60. The second-order valence-corrected chi connectivity index (χ2v) is 7.46. The van der Waals surface area contributed by atoms with Gasteiger partial charge in [-0.2, -0.15) is 26.3 Å². The Kier molecular flexibility index (Phi) is 5.85. The number of aromatic nitrogens is 4. The second kappa shape index (κ2) is 8.49. The van der Waals surface area contributed by atoms with Crippen molar-refractivity contribution in [3.05, 3.63) is 65.0 Å². The van der Waals surface area contributed by atoms with Crippen molar-refractivity contribution in [2.75, 3.05) is 23.3 Å². The number of hydrogen-bond acceptors (Lipinski definition) is 6. The van der Waals surface area contributed by atoms with Crippen molar-refractivity contribution in [2.24, 2.45) is 0 Å². The van der Waals surface area contributed by atoms with Gasteiger partial charge in [0.15, 0.2) is 0 Å². The van der Waals surface area contributed by atoms with Crippen molar-refractivity contribution >= 4 is 17.3 Å². The van der Waals surface area contributed by atoms with Gasteiger partial charge in [-0.05, 0) is 37.6 Å². The minimum absolute atomic E-state index is 0.149. The molecule has 0 bridgehead atoms. The molecule has 0 aromatic carbocycles. The van der Waals surface area contributed by atoms with Crippen LogP contribution in [0.15, 0.2) is 36.7 Å². The maximum Gasteiger partial charge on any atom is 0.433 e. The van der Waals surface area contributed by atoms with Crippen LogP contribution >= 0.6 is 0 Å². The maximum absolute atomic E-state index is 13.5. The molecule has 0 saturated carbocycles. The number of nitrogens with one attached hydrogen (secondary N) is 1. The van der Waals surface area contributed by atoms with Crippen LogP contribution in [-0.2, 0) is 25.2 Å². The molecular formula is C21H18F6N6. The van der Waals surface area contributed by atoms with Gasteiger partial charge in [-0.25, -0.2) is 19.9 Å². The first kappa shape index (κ1) is 22.7. The van der Waals surface area contributed by atoms with E-state index in [1.165, 1.54) is 18.3 Å². The van der Waals surface area contributed by atoms with Gasteiger partial charge in [-0.3, -0.25) is 0 Å². The number of nitrogens with zero attached hydrogens (tertiary/aromatic N) is 5. The summed E-state index contributed by atoms with van der Waals surface area (Å²) in [5.41, 5.74) is -0.178. The molecule has 0 amide bonds. The summed E-state index contributed by atoms with van der Waals surface area (Å²) in [5.74, 6) is 0.667. The van der Waals surface area contributed by atoms with Gasteiger partial charge in [-0.1, -0.05) is 0 Å². The predicted molar refractivity (Wildman–Crippen MR) is 108 cm³/mol. The number of anilines is 3. The zero-order valence-corrected chi connectivity index (χ0v) is 17.3. The highest BCUT2D eigenvalue weighted by atomic mass is 19.4. The zero-order chi connectivity index (χ0) is 23.8. The lowest BCUT2D eigenvalue weighted by Gasteiger charge is -2.24. The van der Waals surface area contributed by atoms with Crippen LogP contribution in [0, 0.1) is 6.92 Å². The Morgan fingerprint density at radius 1 is 0.909 bits per heavy atom. The van der Waals surface area contributed by atoms with Crippen molar-refractivity contribution < 1.29 is 26.3 Å². The summed E-state index contributed by atoms with van der Waals surface area (Å²) >= 11 is 0. The van der Waals surface area contributed by atoms with E-state index in [1.807, 2.05) is 0 Å². The Morgan fingerprint density at radius 2 is 1.67 bits per heavy atom. The van der Waals surface area contributed by atoms with Gasteiger partial charge in [0.1, 0.15) is 23.2 Å². The summed E-state index contributed by atoms with van der Waals surface area (Å²) in [6, 6.07) is 4.34. The molecule has 1 aliphatic rings. The molecule has 0 radical (unpaired) electrons. The Balaban J connectivity index is 1.61. The molecule has 1 aliphatic heterocycles. The minimum Gasteiger partial charge on any atom is -0.355 e. The molecule has 1 N–H and O–H groups in total. The molecule has 33 heavy (non-hydrogen) atoms. The van der Waals surface area contributed by atoms with Gasteiger partial charge in [0.25, 0.3) is 0 Å².